The standard InChI is InChI=1S/C11H22N2O.ClH/c1-2-3-4-5-6-7-9-13-10-8-11(14)12-13;/h2-10H2,1H3,(H,12,14);1H. The van der Waals surface area contributed by atoms with Crippen LogP contribution in [-0.2, 0) is 4.79 Å². The minimum absolute atomic E-state index is 0. The van der Waals surface area contributed by atoms with Crippen molar-refractivity contribution in [3.63, 3.8) is 0 Å². The third-order valence-corrected chi connectivity index (χ3v) is 2.67. The van der Waals surface area contributed by atoms with Crippen molar-refractivity contribution in [3.05, 3.63) is 0 Å². The molecule has 15 heavy (non-hydrogen) atoms. The van der Waals surface area contributed by atoms with Crippen molar-refractivity contribution in [2.45, 2.75) is 51.9 Å². The maximum Gasteiger partial charge on any atom is 0.235 e. The Morgan fingerprint density at radius 2 is 1.87 bits per heavy atom. The number of hydrogen-bond donors (Lipinski definition) is 1. The van der Waals surface area contributed by atoms with E-state index in [1.807, 2.05) is 5.01 Å². The molecule has 0 spiro atoms. The molecular weight excluding hydrogens is 212 g/mol. The molecule has 1 N–H and O–H groups in total. The quantitative estimate of drug-likeness (QED) is 0.687. The van der Waals surface area contributed by atoms with Crippen LogP contribution in [0.3, 0.4) is 0 Å². The van der Waals surface area contributed by atoms with Gasteiger partial charge in [-0.05, 0) is 6.42 Å². The second-order valence-electron chi connectivity index (χ2n) is 4.04. The summed E-state index contributed by atoms with van der Waals surface area (Å²) in [7, 11) is 0. The number of hydrazine groups is 1. The van der Waals surface area contributed by atoms with Gasteiger partial charge < -0.3 is 0 Å². The fourth-order valence-corrected chi connectivity index (χ4v) is 1.78. The van der Waals surface area contributed by atoms with Gasteiger partial charge in [-0.15, -0.1) is 12.4 Å². The number of halogens is 1. The predicted octanol–water partition coefficient (Wildman–Crippen LogP) is 2.51. The molecule has 1 saturated heterocycles. The highest BCUT2D eigenvalue weighted by atomic mass is 35.5. The van der Waals surface area contributed by atoms with Crippen molar-refractivity contribution >= 4 is 18.3 Å². The van der Waals surface area contributed by atoms with Crippen LogP contribution in [-0.4, -0.2) is 24.0 Å². The second kappa shape index (κ2) is 8.98. The molecule has 3 nitrogen and oxygen atoms in total. The molecule has 1 rings (SSSR count). The number of carbonyl (C=O) groups is 1. The van der Waals surface area contributed by atoms with Crippen LogP contribution in [0.1, 0.15) is 51.9 Å². The van der Waals surface area contributed by atoms with Crippen LogP contribution in [0, 0.1) is 0 Å². The lowest BCUT2D eigenvalue weighted by molar-refractivity contribution is -0.121. The first-order valence-corrected chi connectivity index (χ1v) is 5.87. The molecule has 0 aromatic heterocycles. The van der Waals surface area contributed by atoms with E-state index in [0.717, 1.165) is 13.1 Å². The van der Waals surface area contributed by atoms with Crippen LogP contribution in [0.25, 0.3) is 0 Å². The zero-order chi connectivity index (χ0) is 10.2. The molecule has 4 heteroatoms. The summed E-state index contributed by atoms with van der Waals surface area (Å²) >= 11 is 0. The van der Waals surface area contributed by atoms with Crippen molar-refractivity contribution in [2.24, 2.45) is 0 Å². The molecule has 0 aromatic carbocycles. The zero-order valence-electron chi connectivity index (χ0n) is 9.63. The van der Waals surface area contributed by atoms with E-state index < -0.39 is 0 Å². The molecule has 1 heterocycles. The van der Waals surface area contributed by atoms with Crippen LogP contribution < -0.4 is 5.43 Å². The van der Waals surface area contributed by atoms with E-state index in [0.29, 0.717) is 6.42 Å². The summed E-state index contributed by atoms with van der Waals surface area (Å²) in [4.78, 5) is 10.9. The number of nitrogens with one attached hydrogen (secondary N) is 1. The van der Waals surface area contributed by atoms with Crippen LogP contribution >= 0.6 is 12.4 Å². The molecule has 0 radical (unpaired) electrons. The Labute approximate surface area is 99.0 Å². The van der Waals surface area contributed by atoms with Crippen molar-refractivity contribution in [2.75, 3.05) is 13.1 Å². The Kier molecular flexibility index (Phi) is 8.82. The minimum Gasteiger partial charge on any atom is -0.289 e. The Hall–Kier alpha value is -0.280. The summed E-state index contributed by atoms with van der Waals surface area (Å²) in [5, 5.41) is 2.04. The molecule has 90 valence electrons. The summed E-state index contributed by atoms with van der Waals surface area (Å²) in [6.45, 7) is 4.16. The summed E-state index contributed by atoms with van der Waals surface area (Å²) in [5.41, 5.74) is 2.85. The number of nitrogens with zero attached hydrogens (tertiary/aromatic N) is 1. The molecule has 0 unspecified atom stereocenters. The fourth-order valence-electron chi connectivity index (χ4n) is 1.78. The van der Waals surface area contributed by atoms with Gasteiger partial charge in [0, 0.05) is 19.5 Å². The average Bonchev–Trinajstić information content (AvgIpc) is 2.58. The second-order valence-corrected chi connectivity index (χ2v) is 4.04. The van der Waals surface area contributed by atoms with Gasteiger partial charge in [0.1, 0.15) is 0 Å². The molecular formula is C11H23ClN2O. The number of amides is 1. The van der Waals surface area contributed by atoms with Gasteiger partial charge in [0.05, 0.1) is 0 Å². The fraction of sp³-hybridized carbons (Fsp3) is 0.909. The summed E-state index contributed by atoms with van der Waals surface area (Å²) < 4.78 is 0. The first-order valence-electron chi connectivity index (χ1n) is 5.87. The molecule has 0 saturated carbocycles. The van der Waals surface area contributed by atoms with Gasteiger partial charge in [-0.25, -0.2) is 5.01 Å². The van der Waals surface area contributed by atoms with E-state index in [4.69, 9.17) is 0 Å². The van der Waals surface area contributed by atoms with E-state index in [9.17, 15) is 4.79 Å². The SMILES string of the molecule is CCCCCCCCN1CCC(=O)N1.Cl. The number of rotatable bonds is 7. The van der Waals surface area contributed by atoms with E-state index in [2.05, 4.69) is 12.3 Å². The van der Waals surface area contributed by atoms with Gasteiger partial charge in [0.2, 0.25) is 5.91 Å². The smallest absolute Gasteiger partial charge is 0.235 e. The van der Waals surface area contributed by atoms with Gasteiger partial charge in [-0.1, -0.05) is 39.0 Å². The average molecular weight is 235 g/mol. The lowest BCUT2D eigenvalue weighted by Gasteiger charge is -2.13. The van der Waals surface area contributed by atoms with Crippen molar-refractivity contribution in [1.29, 1.82) is 0 Å². The van der Waals surface area contributed by atoms with E-state index >= 15 is 0 Å². The molecule has 1 amide bonds. The Morgan fingerprint density at radius 1 is 1.20 bits per heavy atom. The largest absolute Gasteiger partial charge is 0.289 e. The van der Waals surface area contributed by atoms with Crippen LogP contribution in [0.4, 0.5) is 0 Å². The summed E-state index contributed by atoms with van der Waals surface area (Å²) in [5.74, 6) is 0.177. The first-order chi connectivity index (χ1) is 6.83. The molecule has 0 aliphatic carbocycles. The van der Waals surface area contributed by atoms with Gasteiger partial charge in [0.15, 0.2) is 0 Å². The molecule has 1 fully saturated rings. The Morgan fingerprint density at radius 3 is 2.47 bits per heavy atom. The lowest BCUT2D eigenvalue weighted by Crippen LogP contribution is -2.33. The molecule has 0 bridgehead atoms. The molecule has 0 aromatic rings. The highest BCUT2D eigenvalue weighted by Crippen LogP contribution is 2.06. The van der Waals surface area contributed by atoms with Crippen molar-refractivity contribution in [3.8, 4) is 0 Å². The van der Waals surface area contributed by atoms with Gasteiger partial charge in [-0.2, -0.15) is 0 Å². The zero-order valence-corrected chi connectivity index (χ0v) is 10.4. The Balaban J connectivity index is 0.00000196. The number of unbranched alkanes of at least 4 members (excludes halogenated alkanes) is 5. The van der Waals surface area contributed by atoms with E-state index in [1.54, 1.807) is 0 Å². The molecule has 1 aliphatic heterocycles. The topological polar surface area (TPSA) is 32.3 Å². The summed E-state index contributed by atoms with van der Waals surface area (Å²) in [6, 6.07) is 0. The minimum atomic E-state index is 0. The highest BCUT2D eigenvalue weighted by molar-refractivity contribution is 5.85. The number of hydrogen-bond acceptors (Lipinski definition) is 2. The van der Waals surface area contributed by atoms with E-state index in [1.165, 1.54) is 38.5 Å². The molecule has 0 atom stereocenters. The van der Waals surface area contributed by atoms with Crippen LogP contribution in [0.15, 0.2) is 0 Å². The van der Waals surface area contributed by atoms with E-state index in [-0.39, 0.29) is 18.3 Å². The van der Waals surface area contributed by atoms with Crippen LogP contribution in [0.2, 0.25) is 0 Å². The first kappa shape index (κ1) is 14.7. The monoisotopic (exact) mass is 234 g/mol. The molecule has 1 aliphatic rings. The van der Waals surface area contributed by atoms with Crippen molar-refractivity contribution < 1.29 is 4.79 Å². The normalized spacial score (nSPS) is 16.2. The van der Waals surface area contributed by atoms with Gasteiger partial charge in [-0.3, -0.25) is 10.2 Å². The lowest BCUT2D eigenvalue weighted by atomic mass is 10.1. The van der Waals surface area contributed by atoms with Crippen LogP contribution in [0.5, 0.6) is 0 Å². The predicted molar refractivity (Wildman–Crippen MR) is 65.0 cm³/mol. The van der Waals surface area contributed by atoms with Gasteiger partial charge in [0.25, 0.3) is 0 Å². The van der Waals surface area contributed by atoms with Crippen molar-refractivity contribution in [1.82, 2.24) is 10.4 Å². The summed E-state index contributed by atoms with van der Waals surface area (Å²) in [6.07, 6.45) is 8.56. The maximum atomic E-state index is 10.9. The highest BCUT2D eigenvalue weighted by Gasteiger charge is 2.16. The Bertz CT molecular complexity index is 176. The third kappa shape index (κ3) is 6.74. The third-order valence-electron chi connectivity index (χ3n) is 2.67. The maximum absolute atomic E-state index is 10.9. The number of carbonyl (C=O) groups excluding carboxylic acids is 1. The van der Waals surface area contributed by atoms with Gasteiger partial charge >= 0.3 is 0 Å².